The molecule has 0 amide bonds. The Kier molecular flexibility index (Phi) is 23.5. The molecular weight excluding hydrogens is 663 g/mol. The average Bonchev–Trinajstić information content (AvgIpc) is 3.66. The molecule has 0 N–H and O–H groups in total. The molecular formula is C46H65NO6. The minimum absolute atomic E-state index is 0.0595. The standard InChI is InChI=1S/C23H31NO5.C16H24.C7H10O/c1-7-9-10-11-12-20(25)29-21-17(3)24-14-18(15-27-6)19(21)16-28-22(26)23(4,5)13-8-2;1-3-9-15(10-4-1)11-5-2-6-12-16-13-7-8-14-16;1-4-5-7(2,3)6-8/h2,7,9,14H,10-13,15-16H2,1,3-6H3;1,3-4,9-10,16H,2,5-8,11-14H2;1,6H,5H2,2-3H3/b9-7-;;. The number of pyridine rings is 1. The van der Waals surface area contributed by atoms with Crippen LogP contribution in [0.4, 0.5) is 0 Å². The molecule has 1 aromatic carbocycles. The number of rotatable bonds is 19. The normalized spacial score (nSPS) is 12.8. The minimum atomic E-state index is -0.804. The summed E-state index contributed by atoms with van der Waals surface area (Å²) in [5, 5.41) is 0. The summed E-state index contributed by atoms with van der Waals surface area (Å²) in [6.45, 7) is 11.0. The number of hydrogen-bond acceptors (Lipinski definition) is 7. The fourth-order valence-electron chi connectivity index (χ4n) is 5.79. The average molecular weight is 728 g/mol. The second kappa shape index (κ2) is 26.5. The van der Waals surface area contributed by atoms with Crippen LogP contribution in [-0.2, 0) is 43.5 Å². The monoisotopic (exact) mass is 727 g/mol. The number of allylic oxidation sites excluding steroid dienone is 2. The molecule has 1 saturated carbocycles. The lowest BCUT2D eigenvalue weighted by Gasteiger charge is -2.21. The maximum Gasteiger partial charge on any atom is 0.312 e. The first-order chi connectivity index (χ1) is 25.3. The van der Waals surface area contributed by atoms with Gasteiger partial charge in [0.25, 0.3) is 0 Å². The molecule has 7 heteroatoms. The van der Waals surface area contributed by atoms with Crippen LogP contribution in [-0.4, -0.2) is 30.3 Å². The van der Waals surface area contributed by atoms with Crippen LogP contribution in [0, 0.1) is 48.4 Å². The second-order valence-corrected chi connectivity index (χ2v) is 15.1. The van der Waals surface area contributed by atoms with Gasteiger partial charge < -0.3 is 19.0 Å². The molecule has 0 bridgehead atoms. The lowest BCUT2D eigenvalue weighted by Crippen LogP contribution is -2.26. The predicted octanol–water partition coefficient (Wildman–Crippen LogP) is 10.5. The Morgan fingerprint density at radius 1 is 0.962 bits per heavy atom. The maximum atomic E-state index is 12.4. The predicted molar refractivity (Wildman–Crippen MR) is 215 cm³/mol. The van der Waals surface area contributed by atoms with Crippen LogP contribution < -0.4 is 4.74 Å². The van der Waals surface area contributed by atoms with Gasteiger partial charge in [-0.2, -0.15) is 0 Å². The SMILES string of the molecule is C#CCC(C)(C)C(=O)OCc1c(COC)cnc(C)c1OC(=O)CCC/C=C\C.C#CCC(C)(C)C=O.c1ccc(CCCCCC2CCCC2)cc1. The van der Waals surface area contributed by atoms with E-state index in [-0.39, 0.29) is 37.4 Å². The Labute approximate surface area is 321 Å². The van der Waals surface area contributed by atoms with Crippen LogP contribution >= 0.6 is 0 Å². The van der Waals surface area contributed by atoms with E-state index in [1.165, 1.54) is 63.4 Å². The fourth-order valence-corrected chi connectivity index (χ4v) is 5.79. The van der Waals surface area contributed by atoms with Gasteiger partial charge in [0.1, 0.15) is 12.9 Å². The van der Waals surface area contributed by atoms with Crippen molar-refractivity contribution in [3.05, 3.63) is 71.1 Å². The molecule has 1 aliphatic carbocycles. The minimum Gasteiger partial charge on any atom is -0.460 e. The number of benzene rings is 1. The summed E-state index contributed by atoms with van der Waals surface area (Å²) < 4.78 is 16.3. The number of unbranched alkanes of at least 4 members (excludes halogenated alkanes) is 3. The number of ether oxygens (including phenoxy) is 3. The van der Waals surface area contributed by atoms with E-state index in [0.717, 1.165) is 18.6 Å². The highest BCUT2D eigenvalue weighted by molar-refractivity contribution is 5.76. The van der Waals surface area contributed by atoms with E-state index in [0.29, 0.717) is 35.4 Å². The highest BCUT2D eigenvalue weighted by Crippen LogP contribution is 2.30. The van der Waals surface area contributed by atoms with Gasteiger partial charge in [-0.1, -0.05) is 101 Å². The third-order valence-electron chi connectivity index (χ3n) is 9.12. The van der Waals surface area contributed by atoms with Crippen molar-refractivity contribution >= 4 is 18.2 Å². The van der Waals surface area contributed by atoms with Crippen molar-refractivity contribution in [2.24, 2.45) is 16.7 Å². The van der Waals surface area contributed by atoms with Gasteiger partial charge in [0, 0.05) is 49.1 Å². The number of carbonyl (C=O) groups is 3. The first kappa shape index (κ1) is 46.8. The van der Waals surface area contributed by atoms with Crippen molar-refractivity contribution in [1.29, 1.82) is 0 Å². The van der Waals surface area contributed by atoms with Gasteiger partial charge in [0.05, 0.1) is 17.7 Å². The number of esters is 2. The van der Waals surface area contributed by atoms with E-state index >= 15 is 0 Å². The van der Waals surface area contributed by atoms with Crippen LogP contribution in [0.15, 0.2) is 48.7 Å². The quantitative estimate of drug-likeness (QED) is 0.0468. The summed E-state index contributed by atoms with van der Waals surface area (Å²) in [7, 11) is 1.55. The lowest BCUT2D eigenvalue weighted by molar-refractivity contribution is -0.155. The smallest absolute Gasteiger partial charge is 0.312 e. The number of hydrogen-bond donors (Lipinski definition) is 0. The molecule has 53 heavy (non-hydrogen) atoms. The number of aryl methyl sites for hydroxylation is 2. The van der Waals surface area contributed by atoms with Crippen LogP contribution in [0.25, 0.3) is 0 Å². The highest BCUT2D eigenvalue weighted by atomic mass is 16.5. The Hall–Kier alpha value is -4.20. The van der Waals surface area contributed by atoms with Crippen LogP contribution in [0.2, 0.25) is 0 Å². The summed E-state index contributed by atoms with van der Waals surface area (Å²) in [5.74, 6) is 5.54. The van der Waals surface area contributed by atoms with E-state index in [1.54, 1.807) is 34.1 Å². The summed E-state index contributed by atoms with van der Waals surface area (Å²) in [5.41, 5.74) is 2.18. The number of terminal acetylenes is 2. The highest BCUT2D eigenvalue weighted by Gasteiger charge is 2.29. The Bertz CT molecular complexity index is 1470. The van der Waals surface area contributed by atoms with Gasteiger partial charge >= 0.3 is 11.9 Å². The summed E-state index contributed by atoms with van der Waals surface area (Å²) in [6, 6.07) is 10.9. The van der Waals surface area contributed by atoms with Gasteiger partial charge in [-0.25, -0.2) is 0 Å². The Morgan fingerprint density at radius 2 is 1.64 bits per heavy atom. The molecule has 3 rings (SSSR count). The van der Waals surface area contributed by atoms with Gasteiger partial charge in [-0.3, -0.25) is 14.6 Å². The van der Waals surface area contributed by atoms with Crippen LogP contribution in [0.3, 0.4) is 0 Å². The van der Waals surface area contributed by atoms with Crippen molar-refractivity contribution in [3.63, 3.8) is 0 Å². The van der Waals surface area contributed by atoms with E-state index in [9.17, 15) is 14.4 Å². The molecule has 7 nitrogen and oxygen atoms in total. The molecule has 2 aromatic rings. The summed E-state index contributed by atoms with van der Waals surface area (Å²) in [6.07, 6.45) is 32.4. The van der Waals surface area contributed by atoms with E-state index in [1.807, 2.05) is 32.9 Å². The first-order valence-corrected chi connectivity index (χ1v) is 19.2. The first-order valence-electron chi connectivity index (χ1n) is 19.2. The number of nitrogens with zero attached hydrogens (tertiary/aromatic N) is 1. The van der Waals surface area contributed by atoms with Crippen molar-refractivity contribution in [1.82, 2.24) is 4.98 Å². The zero-order valence-electron chi connectivity index (χ0n) is 33.6. The lowest BCUT2D eigenvalue weighted by atomic mass is 9.90. The van der Waals surface area contributed by atoms with Crippen molar-refractivity contribution in [3.8, 4) is 30.4 Å². The van der Waals surface area contributed by atoms with Gasteiger partial charge in [-0.05, 0) is 64.9 Å². The largest absolute Gasteiger partial charge is 0.460 e. The third kappa shape index (κ3) is 20.0. The molecule has 0 unspecified atom stereocenters. The second-order valence-electron chi connectivity index (χ2n) is 15.1. The maximum absolute atomic E-state index is 12.4. The van der Waals surface area contributed by atoms with E-state index in [2.05, 4.69) is 47.2 Å². The van der Waals surface area contributed by atoms with Crippen LogP contribution in [0.1, 0.15) is 140 Å². The van der Waals surface area contributed by atoms with Crippen molar-refractivity contribution in [2.75, 3.05) is 7.11 Å². The molecule has 0 saturated heterocycles. The fraction of sp³-hybridized carbons (Fsp3) is 0.565. The molecule has 1 aliphatic rings. The third-order valence-corrected chi connectivity index (χ3v) is 9.12. The number of aldehydes is 1. The van der Waals surface area contributed by atoms with Gasteiger partial charge in [0.2, 0.25) is 0 Å². The number of methoxy groups -OCH3 is 1. The van der Waals surface area contributed by atoms with E-state index < -0.39 is 11.4 Å². The molecule has 0 atom stereocenters. The topological polar surface area (TPSA) is 91.8 Å². The summed E-state index contributed by atoms with van der Waals surface area (Å²) in [4.78, 5) is 39.1. The summed E-state index contributed by atoms with van der Waals surface area (Å²) >= 11 is 0. The molecule has 1 heterocycles. The zero-order chi connectivity index (χ0) is 39.5. The molecule has 0 spiro atoms. The molecule has 0 radical (unpaired) electrons. The molecule has 0 aliphatic heterocycles. The number of aromatic nitrogens is 1. The van der Waals surface area contributed by atoms with E-state index in [4.69, 9.17) is 27.1 Å². The van der Waals surface area contributed by atoms with Crippen molar-refractivity contribution in [2.45, 2.75) is 145 Å². The Balaban J connectivity index is 0.000000483. The van der Waals surface area contributed by atoms with Crippen molar-refractivity contribution < 1.29 is 28.6 Å². The molecule has 1 aromatic heterocycles. The van der Waals surface area contributed by atoms with Crippen LogP contribution in [0.5, 0.6) is 5.75 Å². The van der Waals surface area contributed by atoms with Gasteiger partial charge in [-0.15, -0.1) is 24.7 Å². The zero-order valence-corrected chi connectivity index (χ0v) is 33.6. The molecule has 290 valence electrons. The number of carbonyl (C=O) groups excluding carboxylic acids is 3. The van der Waals surface area contributed by atoms with Gasteiger partial charge in [0.15, 0.2) is 5.75 Å². The molecule has 1 fully saturated rings. The Morgan fingerprint density at radius 3 is 2.23 bits per heavy atom.